The van der Waals surface area contributed by atoms with E-state index in [1.165, 1.54) is 0 Å². The maximum absolute atomic E-state index is 11.6. The van der Waals surface area contributed by atoms with E-state index in [-0.39, 0.29) is 0 Å². The Labute approximate surface area is 153 Å². The number of benzene rings is 3. The second kappa shape index (κ2) is 8.07. The number of nitrogens with zero attached hydrogens (tertiary/aromatic N) is 1. The molecule has 1 amide bonds. The van der Waals surface area contributed by atoms with Crippen LogP contribution in [0.15, 0.2) is 78.9 Å². The summed E-state index contributed by atoms with van der Waals surface area (Å²) >= 11 is 0. The highest BCUT2D eigenvalue weighted by molar-refractivity contribution is 5.85. The van der Waals surface area contributed by atoms with Crippen LogP contribution in [0.5, 0.6) is 0 Å². The molecular weight excluding hydrogens is 326 g/mol. The van der Waals surface area contributed by atoms with Crippen molar-refractivity contribution >= 4 is 34.5 Å². The second-order valence-electron chi connectivity index (χ2n) is 5.65. The fourth-order valence-electron chi connectivity index (χ4n) is 2.63. The van der Waals surface area contributed by atoms with Gasteiger partial charge in [-0.05, 0) is 67.6 Å². The van der Waals surface area contributed by atoms with Gasteiger partial charge in [0.15, 0.2) is 0 Å². The number of anilines is 5. The van der Waals surface area contributed by atoms with E-state index < -0.39 is 6.09 Å². The van der Waals surface area contributed by atoms with Gasteiger partial charge in [-0.3, -0.25) is 5.32 Å². The molecule has 3 aromatic rings. The van der Waals surface area contributed by atoms with Crippen LogP contribution in [0.4, 0.5) is 33.2 Å². The van der Waals surface area contributed by atoms with Crippen molar-refractivity contribution in [1.82, 2.24) is 0 Å². The third kappa shape index (κ3) is 4.13. The number of carbonyl (C=O) groups excluding carboxylic acids is 1. The van der Waals surface area contributed by atoms with Gasteiger partial charge in [-0.15, -0.1) is 0 Å². The summed E-state index contributed by atoms with van der Waals surface area (Å²) in [4.78, 5) is 13.7. The SMILES string of the molecule is CCOC(=O)Nc1ccc(N(c2ccccc2)c2ccc(N)cc2)cc1. The predicted octanol–water partition coefficient (Wildman–Crippen LogP) is 5.31. The van der Waals surface area contributed by atoms with Gasteiger partial charge >= 0.3 is 6.09 Å². The number of nitrogens with two attached hydrogens (primary N) is 1. The van der Waals surface area contributed by atoms with Crippen LogP contribution in [0.25, 0.3) is 0 Å². The average molecular weight is 347 g/mol. The lowest BCUT2D eigenvalue weighted by Gasteiger charge is -2.25. The van der Waals surface area contributed by atoms with Gasteiger partial charge in [0.25, 0.3) is 0 Å². The molecule has 3 rings (SSSR count). The molecule has 0 radical (unpaired) electrons. The summed E-state index contributed by atoms with van der Waals surface area (Å²) in [5, 5.41) is 2.70. The third-order valence-corrected chi connectivity index (χ3v) is 3.81. The minimum Gasteiger partial charge on any atom is -0.450 e. The molecule has 0 unspecified atom stereocenters. The minimum atomic E-state index is -0.460. The fraction of sp³-hybridized carbons (Fsp3) is 0.0952. The third-order valence-electron chi connectivity index (χ3n) is 3.81. The monoisotopic (exact) mass is 347 g/mol. The maximum atomic E-state index is 11.6. The number of hydrogen-bond donors (Lipinski definition) is 2. The molecule has 0 bridgehead atoms. The molecule has 0 fully saturated rings. The van der Waals surface area contributed by atoms with Crippen molar-refractivity contribution in [2.45, 2.75) is 6.92 Å². The van der Waals surface area contributed by atoms with Crippen LogP contribution < -0.4 is 16.0 Å². The normalized spacial score (nSPS) is 10.2. The molecule has 0 spiro atoms. The van der Waals surface area contributed by atoms with Gasteiger partial charge in [-0.1, -0.05) is 18.2 Å². The van der Waals surface area contributed by atoms with Crippen molar-refractivity contribution in [3.63, 3.8) is 0 Å². The van der Waals surface area contributed by atoms with Crippen molar-refractivity contribution < 1.29 is 9.53 Å². The molecule has 0 aliphatic heterocycles. The first-order chi connectivity index (χ1) is 12.7. The summed E-state index contributed by atoms with van der Waals surface area (Å²) in [6, 6.07) is 25.4. The van der Waals surface area contributed by atoms with Gasteiger partial charge in [0.05, 0.1) is 6.61 Å². The lowest BCUT2D eigenvalue weighted by atomic mass is 10.1. The van der Waals surface area contributed by atoms with E-state index in [0.29, 0.717) is 12.3 Å². The Morgan fingerprint density at radius 2 is 1.42 bits per heavy atom. The van der Waals surface area contributed by atoms with E-state index in [1.807, 2.05) is 78.9 Å². The van der Waals surface area contributed by atoms with Crippen LogP contribution in [0.2, 0.25) is 0 Å². The van der Waals surface area contributed by atoms with Crippen LogP contribution >= 0.6 is 0 Å². The summed E-state index contributed by atoms with van der Waals surface area (Å²) in [6.45, 7) is 2.11. The number of nitrogens with one attached hydrogen (secondary N) is 1. The van der Waals surface area contributed by atoms with E-state index in [4.69, 9.17) is 10.5 Å². The molecule has 3 aromatic carbocycles. The highest BCUT2D eigenvalue weighted by Gasteiger charge is 2.12. The van der Waals surface area contributed by atoms with Crippen LogP contribution in [-0.4, -0.2) is 12.7 Å². The quantitative estimate of drug-likeness (QED) is 0.614. The zero-order valence-corrected chi connectivity index (χ0v) is 14.6. The van der Waals surface area contributed by atoms with Crippen molar-refractivity contribution in [2.75, 3.05) is 22.6 Å². The summed E-state index contributed by atoms with van der Waals surface area (Å²) in [6.07, 6.45) is -0.460. The van der Waals surface area contributed by atoms with Crippen molar-refractivity contribution in [2.24, 2.45) is 0 Å². The number of amides is 1. The first-order valence-corrected chi connectivity index (χ1v) is 8.42. The van der Waals surface area contributed by atoms with Gasteiger partial charge in [0, 0.05) is 28.4 Å². The molecule has 5 heteroatoms. The Kier molecular flexibility index (Phi) is 5.39. The highest BCUT2D eigenvalue weighted by Crippen LogP contribution is 2.35. The van der Waals surface area contributed by atoms with Crippen molar-refractivity contribution in [1.29, 1.82) is 0 Å². The highest BCUT2D eigenvalue weighted by atomic mass is 16.5. The van der Waals surface area contributed by atoms with E-state index in [9.17, 15) is 4.79 Å². The Bertz CT molecular complexity index is 847. The summed E-state index contributed by atoms with van der Waals surface area (Å²) in [5.41, 5.74) is 10.2. The van der Waals surface area contributed by atoms with E-state index in [0.717, 1.165) is 22.7 Å². The molecule has 0 saturated carbocycles. The molecule has 26 heavy (non-hydrogen) atoms. The van der Waals surface area contributed by atoms with Gasteiger partial charge in [-0.25, -0.2) is 4.79 Å². The van der Waals surface area contributed by atoms with E-state index in [1.54, 1.807) is 6.92 Å². The predicted molar refractivity (Wildman–Crippen MR) is 106 cm³/mol. The average Bonchev–Trinajstić information content (AvgIpc) is 2.66. The summed E-state index contributed by atoms with van der Waals surface area (Å²) < 4.78 is 4.90. The van der Waals surface area contributed by atoms with Gasteiger partial charge in [0.2, 0.25) is 0 Å². The lowest BCUT2D eigenvalue weighted by Crippen LogP contribution is -2.13. The van der Waals surface area contributed by atoms with E-state index >= 15 is 0 Å². The zero-order valence-electron chi connectivity index (χ0n) is 14.6. The number of ether oxygens (including phenoxy) is 1. The van der Waals surface area contributed by atoms with Gasteiger partial charge in [-0.2, -0.15) is 0 Å². The Hall–Kier alpha value is -3.47. The topological polar surface area (TPSA) is 67.6 Å². The van der Waals surface area contributed by atoms with Crippen molar-refractivity contribution in [3.8, 4) is 0 Å². The number of nitrogen functional groups attached to an aromatic ring is 1. The summed E-state index contributed by atoms with van der Waals surface area (Å²) in [5.74, 6) is 0. The van der Waals surface area contributed by atoms with Crippen LogP contribution in [0.1, 0.15) is 6.92 Å². The molecule has 5 nitrogen and oxygen atoms in total. The fourth-order valence-corrected chi connectivity index (χ4v) is 2.63. The lowest BCUT2D eigenvalue weighted by molar-refractivity contribution is 0.168. The molecule has 0 heterocycles. The molecule has 0 aromatic heterocycles. The molecule has 3 N–H and O–H groups in total. The molecular formula is C21H21N3O2. The van der Waals surface area contributed by atoms with Crippen molar-refractivity contribution in [3.05, 3.63) is 78.9 Å². The molecule has 0 aliphatic rings. The number of para-hydroxylation sites is 1. The van der Waals surface area contributed by atoms with Crippen LogP contribution in [0.3, 0.4) is 0 Å². The molecule has 0 saturated heterocycles. The Balaban J connectivity index is 1.92. The Morgan fingerprint density at radius 1 is 0.885 bits per heavy atom. The Morgan fingerprint density at radius 3 is 2.00 bits per heavy atom. The number of hydrogen-bond acceptors (Lipinski definition) is 4. The van der Waals surface area contributed by atoms with Crippen LogP contribution in [0, 0.1) is 0 Å². The minimum absolute atomic E-state index is 0.336. The molecule has 0 atom stereocenters. The summed E-state index contributed by atoms with van der Waals surface area (Å²) in [7, 11) is 0. The molecule has 132 valence electrons. The zero-order chi connectivity index (χ0) is 18.4. The number of carbonyl (C=O) groups is 1. The maximum Gasteiger partial charge on any atom is 0.411 e. The largest absolute Gasteiger partial charge is 0.450 e. The number of rotatable bonds is 5. The van der Waals surface area contributed by atoms with E-state index in [2.05, 4.69) is 10.2 Å². The van der Waals surface area contributed by atoms with Crippen LogP contribution in [-0.2, 0) is 4.74 Å². The second-order valence-corrected chi connectivity index (χ2v) is 5.65. The van der Waals surface area contributed by atoms with Gasteiger partial charge in [0.1, 0.15) is 0 Å². The first-order valence-electron chi connectivity index (χ1n) is 8.42. The standard InChI is InChI=1S/C21H21N3O2/c1-2-26-21(25)23-17-10-14-20(15-11-17)24(18-6-4-3-5-7-18)19-12-8-16(22)9-13-19/h3-15H,2,22H2,1H3,(H,23,25). The van der Waals surface area contributed by atoms with Gasteiger partial charge < -0.3 is 15.4 Å². The first kappa shape index (κ1) is 17.4. The molecule has 0 aliphatic carbocycles. The smallest absolute Gasteiger partial charge is 0.411 e.